The summed E-state index contributed by atoms with van der Waals surface area (Å²) in [5, 5.41) is 5.06. The van der Waals surface area contributed by atoms with Crippen molar-refractivity contribution in [1.29, 1.82) is 0 Å². The largest absolute Gasteiger partial charge is 0.423 e. The van der Waals surface area contributed by atoms with Gasteiger partial charge in [0.05, 0.1) is 10.2 Å². The molecule has 0 spiro atoms. The van der Waals surface area contributed by atoms with E-state index in [2.05, 4.69) is 4.98 Å². The van der Waals surface area contributed by atoms with Gasteiger partial charge in [0, 0.05) is 12.1 Å². The molecule has 0 bridgehead atoms. The second-order valence-corrected chi connectivity index (χ2v) is 7.59. The molecule has 3 aromatic rings. The van der Waals surface area contributed by atoms with Crippen molar-refractivity contribution in [2.24, 2.45) is 5.14 Å². The number of nitrogens with zero attached hydrogens (tertiary/aromatic N) is 1. The Balaban J connectivity index is 1.77. The number of benzene rings is 2. The van der Waals surface area contributed by atoms with Crippen molar-refractivity contribution in [2.45, 2.75) is 4.34 Å². The molecule has 24 heavy (non-hydrogen) atoms. The number of hydrogen-bond donors (Lipinski definition) is 1. The minimum atomic E-state index is -3.85. The summed E-state index contributed by atoms with van der Waals surface area (Å²) in [4.78, 5) is 15.8. The Morgan fingerprint density at radius 1 is 1.17 bits per heavy atom. The molecule has 0 amide bonds. The van der Waals surface area contributed by atoms with Crippen LogP contribution in [0.3, 0.4) is 0 Å². The van der Waals surface area contributed by atoms with Crippen LogP contribution in [0.5, 0.6) is 5.75 Å². The van der Waals surface area contributed by atoms with Crippen LogP contribution in [0.2, 0.25) is 0 Å². The highest BCUT2D eigenvalue weighted by Gasteiger charge is 2.15. The highest BCUT2D eigenvalue weighted by molar-refractivity contribution is 7.91. The summed E-state index contributed by atoms with van der Waals surface area (Å²) < 4.78 is 28.3. The maximum atomic E-state index is 11.8. The Hall–Kier alpha value is -2.55. The van der Waals surface area contributed by atoms with Crippen molar-refractivity contribution in [3.05, 3.63) is 60.2 Å². The first kappa shape index (κ1) is 16.3. The smallest absolute Gasteiger partial charge is 0.336 e. The Bertz CT molecular complexity index is 1020. The fraction of sp³-hybridized carbons (Fsp3) is 0. The van der Waals surface area contributed by atoms with Crippen molar-refractivity contribution in [1.82, 2.24) is 4.98 Å². The summed E-state index contributed by atoms with van der Waals surface area (Å²) in [6.45, 7) is 0. The Morgan fingerprint density at radius 3 is 2.62 bits per heavy atom. The average Bonchev–Trinajstić information content (AvgIpc) is 2.97. The van der Waals surface area contributed by atoms with E-state index in [4.69, 9.17) is 9.88 Å². The van der Waals surface area contributed by atoms with Gasteiger partial charge in [0.2, 0.25) is 4.34 Å². The van der Waals surface area contributed by atoms with E-state index in [-0.39, 0.29) is 10.1 Å². The topological polar surface area (TPSA) is 99.4 Å². The van der Waals surface area contributed by atoms with Gasteiger partial charge in [-0.05, 0) is 23.8 Å². The van der Waals surface area contributed by atoms with Crippen molar-refractivity contribution in [3.63, 3.8) is 0 Å². The molecule has 0 aliphatic carbocycles. The first-order valence-corrected chi connectivity index (χ1v) is 9.16. The van der Waals surface area contributed by atoms with Crippen LogP contribution >= 0.6 is 11.3 Å². The predicted octanol–water partition coefficient (Wildman–Crippen LogP) is 2.56. The Kier molecular flexibility index (Phi) is 4.43. The van der Waals surface area contributed by atoms with Gasteiger partial charge in [-0.15, -0.1) is 11.3 Å². The summed E-state index contributed by atoms with van der Waals surface area (Å²) in [6, 6.07) is 14.0. The number of aromatic nitrogens is 1. The maximum absolute atomic E-state index is 11.8. The van der Waals surface area contributed by atoms with Crippen molar-refractivity contribution < 1.29 is 17.9 Å². The molecule has 6 nitrogen and oxygen atoms in total. The molecule has 0 atom stereocenters. The highest BCUT2D eigenvalue weighted by Crippen LogP contribution is 2.27. The van der Waals surface area contributed by atoms with E-state index in [9.17, 15) is 13.2 Å². The minimum Gasteiger partial charge on any atom is -0.423 e. The summed E-state index contributed by atoms with van der Waals surface area (Å²) in [5.74, 6) is -0.267. The van der Waals surface area contributed by atoms with Gasteiger partial charge in [-0.2, -0.15) is 0 Å². The van der Waals surface area contributed by atoms with E-state index in [1.165, 1.54) is 12.1 Å². The molecule has 0 aliphatic heterocycles. The lowest BCUT2D eigenvalue weighted by molar-refractivity contribution is -0.128. The lowest BCUT2D eigenvalue weighted by Crippen LogP contribution is -2.11. The van der Waals surface area contributed by atoms with Gasteiger partial charge in [-0.25, -0.2) is 23.3 Å². The second-order valence-electron chi connectivity index (χ2n) is 4.82. The summed E-state index contributed by atoms with van der Waals surface area (Å²) in [7, 11) is -3.85. The number of rotatable bonds is 4. The van der Waals surface area contributed by atoms with Gasteiger partial charge < -0.3 is 4.74 Å². The van der Waals surface area contributed by atoms with E-state index in [1.807, 2.05) is 30.3 Å². The maximum Gasteiger partial charge on any atom is 0.336 e. The molecule has 8 heteroatoms. The molecule has 0 saturated heterocycles. The number of ether oxygens (including phenoxy) is 1. The number of fused-ring (bicyclic) bond motifs is 1. The molecule has 0 saturated carbocycles. The van der Waals surface area contributed by atoms with Crippen molar-refractivity contribution in [2.75, 3.05) is 0 Å². The van der Waals surface area contributed by atoms with Gasteiger partial charge in [0.25, 0.3) is 10.0 Å². The summed E-state index contributed by atoms with van der Waals surface area (Å²) in [5.41, 5.74) is 1.28. The van der Waals surface area contributed by atoms with Gasteiger partial charge >= 0.3 is 5.97 Å². The molecule has 2 N–H and O–H groups in total. The molecule has 0 aliphatic rings. The third-order valence-electron chi connectivity index (χ3n) is 3.01. The number of sulfonamides is 1. The molecule has 2 aromatic carbocycles. The summed E-state index contributed by atoms with van der Waals surface area (Å²) in [6.07, 6.45) is 2.96. The van der Waals surface area contributed by atoms with E-state index in [0.29, 0.717) is 10.2 Å². The van der Waals surface area contributed by atoms with Crippen LogP contribution in [0.25, 0.3) is 16.3 Å². The van der Waals surface area contributed by atoms with Crippen molar-refractivity contribution in [3.8, 4) is 5.75 Å². The monoisotopic (exact) mass is 360 g/mol. The molecule has 0 fully saturated rings. The van der Waals surface area contributed by atoms with Crippen LogP contribution in [0.1, 0.15) is 5.56 Å². The third-order valence-corrected chi connectivity index (χ3v) is 5.37. The predicted molar refractivity (Wildman–Crippen MR) is 92.1 cm³/mol. The zero-order chi connectivity index (χ0) is 17.2. The van der Waals surface area contributed by atoms with Gasteiger partial charge in [-0.1, -0.05) is 30.3 Å². The minimum absolute atomic E-state index is 0.176. The highest BCUT2D eigenvalue weighted by atomic mass is 32.2. The van der Waals surface area contributed by atoms with E-state index < -0.39 is 16.0 Å². The van der Waals surface area contributed by atoms with Crippen LogP contribution in [-0.4, -0.2) is 19.4 Å². The first-order valence-electron chi connectivity index (χ1n) is 6.80. The van der Waals surface area contributed by atoms with Crippen LogP contribution in [0.4, 0.5) is 0 Å². The molecular weight excluding hydrogens is 348 g/mol. The molecule has 0 radical (unpaired) electrons. The number of nitrogens with two attached hydrogens (primary N) is 1. The van der Waals surface area contributed by atoms with E-state index >= 15 is 0 Å². The number of thiazole rings is 1. The fourth-order valence-corrected chi connectivity index (χ4v) is 3.59. The van der Waals surface area contributed by atoms with Crippen LogP contribution in [0.15, 0.2) is 58.9 Å². The number of carbonyl (C=O) groups is 1. The molecule has 122 valence electrons. The average molecular weight is 360 g/mol. The molecular formula is C16H12N2O4S2. The van der Waals surface area contributed by atoms with Crippen LogP contribution < -0.4 is 9.88 Å². The number of esters is 1. The van der Waals surface area contributed by atoms with E-state index in [1.54, 1.807) is 18.2 Å². The summed E-state index contributed by atoms with van der Waals surface area (Å²) >= 11 is 0.961. The van der Waals surface area contributed by atoms with Gasteiger partial charge in [0.1, 0.15) is 5.75 Å². The molecule has 0 unspecified atom stereocenters. The SMILES string of the molecule is NS(=O)(=O)c1nc2cc(OC(=O)C=Cc3ccccc3)ccc2s1. The molecule has 1 heterocycles. The normalized spacial score (nSPS) is 11.9. The Morgan fingerprint density at radius 2 is 1.92 bits per heavy atom. The first-order chi connectivity index (χ1) is 11.4. The van der Waals surface area contributed by atoms with Crippen LogP contribution in [0, 0.1) is 0 Å². The van der Waals surface area contributed by atoms with E-state index in [0.717, 1.165) is 16.9 Å². The quantitative estimate of drug-likeness (QED) is 0.438. The Labute approximate surface area is 142 Å². The zero-order valence-electron chi connectivity index (χ0n) is 12.2. The van der Waals surface area contributed by atoms with Gasteiger partial charge in [-0.3, -0.25) is 0 Å². The number of primary sulfonamides is 1. The fourth-order valence-electron chi connectivity index (χ4n) is 1.95. The lowest BCUT2D eigenvalue weighted by atomic mass is 10.2. The third kappa shape index (κ3) is 3.85. The van der Waals surface area contributed by atoms with Crippen LogP contribution in [-0.2, 0) is 14.8 Å². The lowest BCUT2D eigenvalue weighted by Gasteiger charge is -2.00. The van der Waals surface area contributed by atoms with Crippen molar-refractivity contribution >= 4 is 43.6 Å². The molecule has 1 aromatic heterocycles. The zero-order valence-corrected chi connectivity index (χ0v) is 13.9. The van der Waals surface area contributed by atoms with Gasteiger partial charge in [0.15, 0.2) is 0 Å². The number of carbonyl (C=O) groups excluding carboxylic acids is 1. The standard InChI is InChI=1S/C16H12N2O4S2/c17-24(20,21)16-18-13-10-12(7-8-14(13)23-16)22-15(19)9-6-11-4-2-1-3-5-11/h1-10H,(H2,17,20,21). The second kappa shape index (κ2) is 6.52. The molecule has 3 rings (SSSR count). The number of hydrogen-bond acceptors (Lipinski definition) is 6.